The van der Waals surface area contributed by atoms with Gasteiger partial charge in [0.15, 0.2) is 9.84 Å². The Bertz CT molecular complexity index is 816. The molecule has 1 saturated heterocycles. The van der Waals surface area contributed by atoms with Gasteiger partial charge in [-0.1, -0.05) is 19.9 Å². The molecule has 7 nitrogen and oxygen atoms in total. The molecular formula is C15H22N2O5S2. The molecule has 1 aromatic rings. The molecule has 0 bridgehead atoms. The van der Waals surface area contributed by atoms with E-state index in [4.69, 9.17) is 0 Å². The van der Waals surface area contributed by atoms with E-state index in [1.54, 1.807) is 0 Å². The summed E-state index contributed by atoms with van der Waals surface area (Å²) >= 11 is 0. The number of carbonyl (C=O) groups is 1. The maximum atomic E-state index is 12.2. The SMILES string of the molecule is CC(C)CNS(=O)(=O)c1cccc(C(=O)NC2CCS(=O)(=O)C2)c1. The summed E-state index contributed by atoms with van der Waals surface area (Å²) in [4.78, 5) is 12.2. The van der Waals surface area contributed by atoms with Crippen molar-refractivity contribution >= 4 is 25.8 Å². The molecule has 0 aromatic heterocycles. The van der Waals surface area contributed by atoms with E-state index in [1.165, 1.54) is 24.3 Å². The Hall–Kier alpha value is -1.45. The van der Waals surface area contributed by atoms with Crippen LogP contribution in [0.4, 0.5) is 0 Å². The number of carbonyl (C=O) groups excluding carboxylic acids is 1. The second-order valence-electron chi connectivity index (χ2n) is 6.35. The van der Waals surface area contributed by atoms with Crippen molar-refractivity contribution in [3.05, 3.63) is 29.8 Å². The first-order valence-electron chi connectivity index (χ1n) is 7.70. The van der Waals surface area contributed by atoms with Crippen molar-refractivity contribution in [1.82, 2.24) is 10.0 Å². The van der Waals surface area contributed by atoms with Crippen LogP contribution in [0.2, 0.25) is 0 Å². The molecule has 1 atom stereocenters. The van der Waals surface area contributed by atoms with Gasteiger partial charge in [0, 0.05) is 18.2 Å². The zero-order valence-electron chi connectivity index (χ0n) is 13.7. The van der Waals surface area contributed by atoms with Crippen LogP contribution in [0.5, 0.6) is 0 Å². The van der Waals surface area contributed by atoms with Crippen molar-refractivity contribution in [2.75, 3.05) is 18.1 Å². The maximum Gasteiger partial charge on any atom is 0.251 e. The molecule has 1 fully saturated rings. The minimum absolute atomic E-state index is 0.00911. The molecule has 1 heterocycles. The Kier molecular flexibility index (Phi) is 5.67. The first-order chi connectivity index (χ1) is 11.1. The molecule has 0 radical (unpaired) electrons. The molecule has 1 unspecified atom stereocenters. The first kappa shape index (κ1) is 18.9. The second kappa shape index (κ2) is 7.20. The summed E-state index contributed by atoms with van der Waals surface area (Å²) in [7, 11) is -6.77. The van der Waals surface area contributed by atoms with Crippen molar-refractivity contribution in [2.24, 2.45) is 5.92 Å². The topological polar surface area (TPSA) is 109 Å². The number of amides is 1. The van der Waals surface area contributed by atoms with Crippen LogP contribution in [0.25, 0.3) is 0 Å². The highest BCUT2D eigenvalue weighted by Crippen LogP contribution is 2.15. The number of rotatable bonds is 6. The number of hydrogen-bond acceptors (Lipinski definition) is 5. The van der Waals surface area contributed by atoms with Gasteiger partial charge in [0.1, 0.15) is 0 Å². The van der Waals surface area contributed by atoms with Gasteiger partial charge in [0.2, 0.25) is 10.0 Å². The monoisotopic (exact) mass is 374 g/mol. The average Bonchev–Trinajstić information content (AvgIpc) is 2.84. The highest BCUT2D eigenvalue weighted by Gasteiger charge is 2.29. The third kappa shape index (κ3) is 5.02. The van der Waals surface area contributed by atoms with Gasteiger partial charge in [-0.3, -0.25) is 4.79 Å². The van der Waals surface area contributed by atoms with E-state index in [0.717, 1.165) is 0 Å². The van der Waals surface area contributed by atoms with Crippen LogP contribution in [-0.2, 0) is 19.9 Å². The molecule has 24 heavy (non-hydrogen) atoms. The zero-order chi connectivity index (χ0) is 18.0. The average molecular weight is 374 g/mol. The Morgan fingerprint density at radius 2 is 2.04 bits per heavy atom. The van der Waals surface area contributed by atoms with Gasteiger partial charge in [-0.05, 0) is 30.5 Å². The van der Waals surface area contributed by atoms with Crippen LogP contribution >= 0.6 is 0 Å². The highest BCUT2D eigenvalue weighted by molar-refractivity contribution is 7.91. The molecule has 0 aliphatic carbocycles. The number of nitrogens with one attached hydrogen (secondary N) is 2. The lowest BCUT2D eigenvalue weighted by Gasteiger charge is -2.12. The van der Waals surface area contributed by atoms with E-state index in [-0.39, 0.29) is 27.9 Å². The van der Waals surface area contributed by atoms with Crippen LogP contribution in [0, 0.1) is 5.92 Å². The first-order valence-corrected chi connectivity index (χ1v) is 11.0. The van der Waals surface area contributed by atoms with Crippen molar-refractivity contribution in [3.8, 4) is 0 Å². The Morgan fingerprint density at radius 1 is 1.33 bits per heavy atom. The molecule has 2 rings (SSSR count). The lowest BCUT2D eigenvalue weighted by atomic mass is 10.2. The molecule has 1 aliphatic heterocycles. The fraction of sp³-hybridized carbons (Fsp3) is 0.533. The zero-order valence-corrected chi connectivity index (χ0v) is 15.3. The molecule has 0 saturated carbocycles. The standard InChI is InChI=1S/C15H22N2O5S2/c1-11(2)9-16-24(21,22)14-5-3-4-12(8-14)15(18)17-13-6-7-23(19,20)10-13/h3-5,8,11,13,16H,6-7,9-10H2,1-2H3,(H,17,18). The smallest absolute Gasteiger partial charge is 0.251 e. The van der Waals surface area contributed by atoms with Crippen molar-refractivity contribution in [1.29, 1.82) is 0 Å². The summed E-state index contributed by atoms with van der Waals surface area (Å²) in [6, 6.07) is 5.27. The summed E-state index contributed by atoms with van der Waals surface area (Å²) in [6.07, 6.45) is 0.377. The summed E-state index contributed by atoms with van der Waals surface area (Å²) in [5.41, 5.74) is 0.187. The molecule has 0 spiro atoms. The van der Waals surface area contributed by atoms with Crippen LogP contribution < -0.4 is 10.0 Å². The molecule has 9 heteroatoms. The second-order valence-corrected chi connectivity index (χ2v) is 10.3. The van der Waals surface area contributed by atoms with Crippen LogP contribution in [0.3, 0.4) is 0 Å². The summed E-state index contributed by atoms with van der Waals surface area (Å²) in [6.45, 7) is 4.09. The predicted octanol–water partition coefficient (Wildman–Crippen LogP) is 0.538. The quantitative estimate of drug-likeness (QED) is 0.755. The summed E-state index contributed by atoms with van der Waals surface area (Å²) in [5, 5.41) is 2.65. The Balaban J connectivity index is 2.11. The van der Waals surface area contributed by atoms with E-state index in [0.29, 0.717) is 13.0 Å². The fourth-order valence-electron chi connectivity index (χ4n) is 2.34. The molecule has 2 N–H and O–H groups in total. The van der Waals surface area contributed by atoms with Gasteiger partial charge in [-0.25, -0.2) is 21.6 Å². The van der Waals surface area contributed by atoms with E-state index in [9.17, 15) is 21.6 Å². The van der Waals surface area contributed by atoms with Gasteiger partial charge < -0.3 is 5.32 Å². The van der Waals surface area contributed by atoms with Gasteiger partial charge >= 0.3 is 0 Å². The lowest BCUT2D eigenvalue weighted by molar-refractivity contribution is 0.0941. The Labute approximate surface area is 142 Å². The van der Waals surface area contributed by atoms with Crippen LogP contribution in [0.15, 0.2) is 29.2 Å². The molecule has 1 aromatic carbocycles. The van der Waals surface area contributed by atoms with Crippen LogP contribution in [-0.4, -0.2) is 46.8 Å². The lowest BCUT2D eigenvalue weighted by Crippen LogP contribution is -2.35. The number of sulfone groups is 1. The normalized spacial score (nSPS) is 20.2. The molecular weight excluding hydrogens is 352 g/mol. The molecule has 1 aliphatic rings. The third-order valence-corrected chi connectivity index (χ3v) is 6.84. The van der Waals surface area contributed by atoms with E-state index in [1.807, 2.05) is 13.8 Å². The largest absolute Gasteiger partial charge is 0.348 e. The van der Waals surface area contributed by atoms with Crippen molar-refractivity contribution in [2.45, 2.75) is 31.2 Å². The number of sulfonamides is 1. The van der Waals surface area contributed by atoms with Crippen molar-refractivity contribution < 1.29 is 21.6 Å². The predicted molar refractivity (Wildman–Crippen MR) is 91.0 cm³/mol. The summed E-state index contributed by atoms with van der Waals surface area (Å²) in [5.74, 6) is -0.327. The number of hydrogen-bond donors (Lipinski definition) is 2. The number of benzene rings is 1. The molecule has 1 amide bonds. The minimum Gasteiger partial charge on any atom is -0.348 e. The van der Waals surface area contributed by atoms with Gasteiger partial charge in [-0.15, -0.1) is 0 Å². The van der Waals surface area contributed by atoms with Crippen LogP contribution in [0.1, 0.15) is 30.6 Å². The third-order valence-electron chi connectivity index (χ3n) is 3.66. The van der Waals surface area contributed by atoms with Gasteiger partial charge in [0.25, 0.3) is 5.91 Å². The molecule has 134 valence electrons. The van der Waals surface area contributed by atoms with Gasteiger partial charge in [0.05, 0.1) is 16.4 Å². The Morgan fingerprint density at radius 3 is 2.62 bits per heavy atom. The van der Waals surface area contributed by atoms with E-state index >= 15 is 0 Å². The minimum atomic E-state index is -3.68. The summed E-state index contributed by atoms with van der Waals surface area (Å²) < 4.78 is 49.8. The maximum absolute atomic E-state index is 12.2. The van der Waals surface area contributed by atoms with E-state index < -0.39 is 31.8 Å². The van der Waals surface area contributed by atoms with E-state index in [2.05, 4.69) is 10.0 Å². The van der Waals surface area contributed by atoms with Crippen molar-refractivity contribution in [3.63, 3.8) is 0 Å². The highest BCUT2D eigenvalue weighted by atomic mass is 32.2. The fourth-order valence-corrected chi connectivity index (χ4v) is 5.27. The van der Waals surface area contributed by atoms with Gasteiger partial charge in [-0.2, -0.15) is 0 Å².